The first-order valence-corrected chi connectivity index (χ1v) is 5.16. The lowest BCUT2D eigenvalue weighted by Crippen LogP contribution is -2.29. The molecule has 0 bridgehead atoms. The number of ether oxygens (including phenoxy) is 1. The smallest absolute Gasteiger partial charge is 0.319 e. The van der Waals surface area contributed by atoms with Crippen LogP contribution in [0.4, 0.5) is 19.3 Å². The molecule has 0 spiro atoms. The van der Waals surface area contributed by atoms with Gasteiger partial charge >= 0.3 is 6.03 Å². The number of amides is 2. The second-order valence-corrected chi connectivity index (χ2v) is 3.74. The molecule has 0 unspecified atom stereocenters. The van der Waals surface area contributed by atoms with Gasteiger partial charge < -0.3 is 15.4 Å². The van der Waals surface area contributed by atoms with Crippen molar-refractivity contribution in [2.45, 2.75) is 6.92 Å². The molecule has 0 radical (unpaired) electrons. The highest BCUT2D eigenvalue weighted by Gasteiger charge is 2.12. The summed E-state index contributed by atoms with van der Waals surface area (Å²) in [6, 6.07) is 1.38. The summed E-state index contributed by atoms with van der Waals surface area (Å²) in [6.07, 6.45) is 0. The third-order valence-corrected chi connectivity index (χ3v) is 2.01. The van der Waals surface area contributed by atoms with Crippen molar-refractivity contribution >= 4 is 11.7 Å². The van der Waals surface area contributed by atoms with Gasteiger partial charge in [-0.3, -0.25) is 0 Å². The Kier molecular flexibility index (Phi) is 4.65. The topological polar surface area (TPSA) is 50.4 Å². The van der Waals surface area contributed by atoms with E-state index in [1.54, 1.807) is 6.92 Å². The summed E-state index contributed by atoms with van der Waals surface area (Å²) in [7, 11) is 1.16. The number of hydrogen-bond donors (Lipinski definition) is 2. The average molecular weight is 256 g/mol. The van der Waals surface area contributed by atoms with Crippen LogP contribution in [0.3, 0.4) is 0 Å². The predicted octanol–water partition coefficient (Wildman–Crippen LogP) is 2.67. The number of carbonyl (C=O) groups excluding carboxylic acids is 1. The lowest BCUT2D eigenvalue weighted by molar-refractivity contribution is 0.253. The van der Waals surface area contributed by atoms with Gasteiger partial charge in [0.1, 0.15) is 0 Å². The number of benzene rings is 1. The van der Waals surface area contributed by atoms with Crippen molar-refractivity contribution in [3.8, 4) is 5.75 Å². The monoisotopic (exact) mass is 256 g/mol. The summed E-state index contributed by atoms with van der Waals surface area (Å²) in [5.41, 5.74) is 0.766. The molecule has 0 saturated heterocycles. The molecule has 1 aromatic rings. The van der Waals surface area contributed by atoms with E-state index in [0.717, 1.165) is 24.8 Å². The predicted molar refractivity (Wildman–Crippen MR) is 64.7 cm³/mol. The van der Waals surface area contributed by atoms with Crippen LogP contribution in [0.1, 0.15) is 6.92 Å². The van der Waals surface area contributed by atoms with Gasteiger partial charge in [0.15, 0.2) is 17.4 Å². The van der Waals surface area contributed by atoms with Gasteiger partial charge in [0.05, 0.1) is 7.11 Å². The molecule has 1 rings (SSSR count). The van der Waals surface area contributed by atoms with E-state index < -0.39 is 23.4 Å². The van der Waals surface area contributed by atoms with Gasteiger partial charge in [-0.15, -0.1) is 0 Å². The molecule has 0 aliphatic rings. The lowest BCUT2D eigenvalue weighted by atomic mass is 10.2. The molecule has 0 aliphatic carbocycles. The molecule has 6 heteroatoms. The fraction of sp³-hybridized carbons (Fsp3) is 0.250. The van der Waals surface area contributed by atoms with Crippen molar-refractivity contribution in [1.82, 2.24) is 5.32 Å². The molecule has 0 saturated carbocycles. The van der Waals surface area contributed by atoms with Crippen molar-refractivity contribution in [2.75, 3.05) is 19.0 Å². The van der Waals surface area contributed by atoms with E-state index in [2.05, 4.69) is 21.9 Å². The third kappa shape index (κ3) is 3.73. The number of carbonyl (C=O) groups is 1. The maximum Gasteiger partial charge on any atom is 0.319 e. The van der Waals surface area contributed by atoms with Crippen LogP contribution in [0.25, 0.3) is 0 Å². The molecule has 2 N–H and O–H groups in total. The summed E-state index contributed by atoms with van der Waals surface area (Å²) >= 11 is 0. The van der Waals surface area contributed by atoms with Gasteiger partial charge in [0.25, 0.3) is 0 Å². The van der Waals surface area contributed by atoms with Crippen LogP contribution in [-0.4, -0.2) is 19.7 Å². The van der Waals surface area contributed by atoms with Gasteiger partial charge in [-0.2, -0.15) is 0 Å². The van der Waals surface area contributed by atoms with Crippen molar-refractivity contribution in [3.05, 3.63) is 35.9 Å². The van der Waals surface area contributed by atoms with E-state index in [0.29, 0.717) is 0 Å². The maximum absolute atomic E-state index is 13.3. The van der Waals surface area contributed by atoms with Gasteiger partial charge in [-0.25, -0.2) is 13.6 Å². The fourth-order valence-corrected chi connectivity index (χ4v) is 1.23. The SMILES string of the molecule is C=C(C)CNC(=O)Nc1cc(F)c(OC)c(F)c1. The first-order valence-electron chi connectivity index (χ1n) is 5.16. The summed E-state index contributed by atoms with van der Waals surface area (Å²) in [5.74, 6) is -2.25. The number of nitrogens with one attached hydrogen (secondary N) is 2. The zero-order chi connectivity index (χ0) is 13.7. The Hall–Kier alpha value is -2.11. The normalized spacial score (nSPS) is 9.78. The molecule has 0 atom stereocenters. The minimum atomic E-state index is -0.882. The minimum absolute atomic E-state index is 0.00464. The summed E-state index contributed by atoms with van der Waals surface area (Å²) in [5, 5.41) is 4.78. The number of anilines is 1. The molecule has 0 fully saturated rings. The van der Waals surface area contributed by atoms with Crippen LogP contribution < -0.4 is 15.4 Å². The number of rotatable bonds is 4. The Morgan fingerprint density at radius 2 is 1.94 bits per heavy atom. The second-order valence-electron chi connectivity index (χ2n) is 3.74. The van der Waals surface area contributed by atoms with Gasteiger partial charge in [-0.1, -0.05) is 12.2 Å². The lowest BCUT2D eigenvalue weighted by Gasteiger charge is -2.09. The van der Waals surface area contributed by atoms with E-state index >= 15 is 0 Å². The highest BCUT2D eigenvalue weighted by atomic mass is 19.1. The second kappa shape index (κ2) is 6.00. The number of halogens is 2. The fourth-order valence-electron chi connectivity index (χ4n) is 1.23. The first-order chi connectivity index (χ1) is 8.43. The van der Waals surface area contributed by atoms with E-state index in [4.69, 9.17) is 0 Å². The molecule has 4 nitrogen and oxygen atoms in total. The van der Waals surface area contributed by atoms with Gasteiger partial charge in [-0.05, 0) is 6.92 Å². The van der Waals surface area contributed by atoms with Crippen LogP contribution in [0.15, 0.2) is 24.3 Å². The molecule has 2 amide bonds. The Morgan fingerprint density at radius 1 is 1.39 bits per heavy atom. The summed E-state index contributed by atoms with van der Waals surface area (Å²) in [6.45, 7) is 5.63. The van der Waals surface area contributed by atoms with Crippen LogP contribution in [0, 0.1) is 11.6 Å². The van der Waals surface area contributed by atoms with Gasteiger partial charge in [0, 0.05) is 24.4 Å². The van der Waals surface area contributed by atoms with Crippen LogP contribution >= 0.6 is 0 Å². The Morgan fingerprint density at radius 3 is 2.39 bits per heavy atom. The van der Waals surface area contributed by atoms with E-state index in [1.165, 1.54) is 0 Å². The van der Waals surface area contributed by atoms with Gasteiger partial charge in [0.2, 0.25) is 0 Å². The molecule has 0 aromatic heterocycles. The molecule has 0 heterocycles. The molecule has 0 aliphatic heterocycles. The molecular formula is C12H14F2N2O2. The van der Waals surface area contributed by atoms with Crippen molar-refractivity contribution < 1.29 is 18.3 Å². The zero-order valence-corrected chi connectivity index (χ0v) is 10.1. The molecule has 98 valence electrons. The Bertz CT molecular complexity index is 452. The summed E-state index contributed by atoms with van der Waals surface area (Å²) < 4.78 is 31.2. The van der Waals surface area contributed by atoms with E-state index in [1.807, 2.05) is 0 Å². The Labute approximate surface area is 104 Å². The number of urea groups is 1. The highest BCUT2D eigenvalue weighted by Crippen LogP contribution is 2.25. The quantitative estimate of drug-likeness (QED) is 0.814. The largest absolute Gasteiger partial charge is 0.491 e. The highest BCUT2D eigenvalue weighted by molar-refractivity contribution is 5.89. The van der Waals surface area contributed by atoms with Crippen molar-refractivity contribution in [2.24, 2.45) is 0 Å². The van der Waals surface area contributed by atoms with E-state index in [9.17, 15) is 13.6 Å². The molecule has 18 heavy (non-hydrogen) atoms. The maximum atomic E-state index is 13.3. The van der Waals surface area contributed by atoms with Crippen LogP contribution in [0.2, 0.25) is 0 Å². The van der Waals surface area contributed by atoms with Crippen molar-refractivity contribution in [3.63, 3.8) is 0 Å². The average Bonchev–Trinajstić information content (AvgIpc) is 2.26. The first kappa shape index (κ1) is 14.0. The van der Waals surface area contributed by atoms with Crippen molar-refractivity contribution in [1.29, 1.82) is 0 Å². The van der Waals surface area contributed by atoms with Crippen LogP contribution in [-0.2, 0) is 0 Å². The minimum Gasteiger partial charge on any atom is -0.491 e. The zero-order valence-electron chi connectivity index (χ0n) is 10.1. The molecular weight excluding hydrogens is 242 g/mol. The summed E-state index contributed by atoms with van der Waals surface area (Å²) in [4.78, 5) is 11.4. The van der Waals surface area contributed by atoms with E-state index in [-0.39, 0.29) is 12.2 Å². The van der Waals surface area contributed by atoms with Crippen LogP contribution in [0.5, 0.6) is 5.75 Å². The molecule has 1 aromatic carbocycles. The number of hydrogen-bond acceptors (Lipinski definition) is 2. The Balaban J connectivity index is 2.74. The third-order valence-electron chi connectivity index (χ3n) is 2.01. The number of methoxy groups -OCH3 is 1. The standard InChI is InChI=1S/C12H14F2N2O2/c1-7(2)6-15-12(17)16-8-4-9(13)11(18-3)10(14)5-8/h4-5H,1,6H2,2-3H3,(H2,15,16,17).